The Morgan fingerprint density at radius 3 is 2.95 bits per heavy atom. The first-order valence-electron chi connectivity index (χ1n) is 6.48. The Labute approximate surface area is 117 Å². The molecule has 0 bridgehead atoms. The van der Waals surface area contributed by atoms with Gasteiger partial charge in [0.25, 0.3) is 0 Å². The number of para-hydroxylation sites is 1. The Kier molecular flexibility index (Phi) is 4.70. The van der Waals surface area contributed by atoms with E-state index in [4.69, 9.17) is 9.84 Å². The Morgan fingerprint density at radius 2 is 2.25 bits per heavy atom. The molecule has 1 aromatic heterocycles. The van der Waals surface area contributed by atoms with Gasteiger partial charge in [-0.05, 0) is 19.2 Å². The second-order valence-electron chi connectivity index (χ2n) is 4.71. The number of rotatable bonds is 7. The highest BCUT2D eigenvalue weighted by Crippen LogP contribution is 2.17. The zero-order chi connectivity index (χ0) is 14.5. The predicted octanol–water partition coefficient (Wildman–Crippen LogP) is 1.31. The first-order chi connectivity index (χ1) is 9.63. The fourth-order valence-corrected chi connectivity index (χ4v) is 2.08. The van der Waals surface area contributed by atoms with E-state index in [2.05, 4.69) is 9.88 Å². The number of nitrogens with zero attached hydrogens (tertiary/aromatic N) is 3. The summed E-state index contributed by atoms with van der Waals surface area (Å²) in [5, 5.41) is 9.14. The third kappa shape index (κ3) is 3.15. The summed E-state index contributed by atoms with van der Waals surface area (Å²) in [4.78, 5) is 17.5. The molecule has 0 saturated carbocycles. The van der Waals surface area contributed by atoms with Crippen molar-refractivity contribution in [3.05, 3.63) is 30.1 Å². The average molecular weight is 277 g/mol. The van der Waals surface area contributed by atoms with E-state index in [1.54, 1.807) is 25.6 Å². The van der Waals surface area contributed by atoms with Gasteiger partial charge < -0.3 is 19.3 Å². The molecule has 1 heterocycles. The number of carboxylic acid groups (broad SMARTS) is 1. The van der Waals surface area contributed by atoms with E-state index in [0.717, 1.165) is 25.2 Å². The van der Waals surface area contributed by atoms with Gasteiger partial charge in [-0.25, -0.2) is 9.78 Å². The molecule has 0 saturated heterocycles. The van der Waals surface area contributed by atoms with Gasteiger partial charge in [-0.3, -0.25) is 0 Å². The van der Waals surface area contributed by atoms with Crippen LogP contribution < -0.4 is 0 Å². The first-order valence-corrected chi connectivity index (χ1v) is 6.48. The van der Waals surface area contributed by atoms with Gasteiger partial charge in [0.15, 0.2) is 0 Å². The number of fused-ring (bicyclic) bond motifs is 1. The van der Waals surface area contributed by atoms with Crippen LogP contribution in [0, 0.1) is 0 Å². The van der Waals surface area contributed by atoms with Gasteiger partial charge in [0.05, 0.1) is 24.0 Å². The van der Waals surface area contributed by atoms with Crippen LogP contribution in [0.2, 0.25) is 0 Å². The summed E-state index contributed by atoms with van der Waals surface area (Å²) in [5.74, 6) is -0.946. The number of hydrogen-bond acceptors (Lipinski definition) is 4. The molecule has 6 nitrogen and oxygen atoms in total. The summed E-state index contributed by atoms with van der Waals surface area (Å²) >= 11 is 0. The highest BCUT2D eigenvalue weighted by molar-refractivity contribution is 6.00. The number of carboxylic acids is 1. The molecule has 0 aliphatic rings. The molecular weight excluding hydrogens is 258 g/mol. The number of aromatic carboxylic acids is 1. The maximum absolute atomic E-state index is 11.1. The van der Waals surface area contributed by atoms with Gasteiger partial charge in [-0.1, -0.05) is 6.07 Å². The Bertz CT molecular complexity index is 594. The van der Waals surface area contributed by atoms with Crippen LogP contribution in [0.4, 0.5) is 0 Å². The van der Waals surface area contributed by atoms with E-state index in [-0.39, 0.29) is 5.56 Å². The lowest BCUT2D eigenvalue weighted by Gasteiger charge is -2.16. The second kappa shape index (κ2) is 6.49. The van der Waals surface area contributed by atoms with E-state index in [1.165, 1.54) is 0 Å². The van der Waals surface area contributed by atoms with Crippen molar-refractivity contribution in [3.63, 3.8) is 0 Å². The number of likely N-dealkylation sites (N-methyl/N-ethyl adjacent to an activating group) is 1. The zero-order valence-corrected chi connectivity index (χ0v) is 11.7. The molecule has 0 aliphatic carbocycles. The summed E-state index contributed by atoms with van der Waals surface area (Å²) in [6.45, 7) is 3.18. The third-order valence-corrected chi connectivity index (χ3v) is 3.28. The van der Waals surface area contributed by atoms with E-state index in [9.17, 15) is 4.79 Å². The lowest BCUT2D eigenvalue weighted by molar-refractivity contribution is 0.0699. The van der Waals surface area contributed by atoms with Gasteiger partial charge in [0, 0.05) is 26.7 Å². The number of hydrogen-bond donors (Lipinski definition) is 1. The van der Waals surface area contributed by atoms with Gasteiger partial charge in [-0.15, -0.1) is 0 Å². The molecule has 1 N–H and O–H groups in total. The quantitative estimate of drug-likeness (QED) is 0.826. The molecule has 0 amide bonds. The van der Waals surface area contributed by atoms with Crippen LogP contribution in [0.1, 0.15) is 10.4 Å². The van der Waals surface area contributed by atoms with E-state index >= 15 is 0 Å². The minimum atomic E-state index is -0.946. The molecular formula is C14H19N3O3. The van der Waals surface area contributed by atoms with E-state index in [0.29, 0.717) is 12.1 Å². The van der Waals surface area contributed by atoms with Crippen molar-refractivity contribution in [2.45, 2.75) is 6.54 Å². The van der Waals surface area contributed by atoms with Crippen LogP contribution in [0.3, 0.4) is 0 Å². The van der Waals surface area contributed by atoms with Crippen molar-refractivity contribution in [1.29, 1.82) is 0 Å². The molecule has 20 heavy (non-hydrogen) atoms. The smallest absolute Gasteiger partial charge is 0.337 e. The molecule has 0 spiro atoms. The van der Waals surface area contributed by atoms with Gasteiger partial charge in [0.1, 0.15) is 5.52 Å². The van der Waals surface area contributed by atoms with E-state index in [1.807, 2.05) is 17.7 Å². The number of ether oxygens (including phenoxy) is 1. The molecule has 1 aromatic carbocycles. The number of aromatic nitrogens is 2. The van der Waals surface area contributed by atoms with Crippen molar-refractivity contribution in [1.82, 2.24) is 14.5 Å². The second-order valence-corrected chi connectivity index (χ2v) is 4.71. The van der Waals surface area contributed by atoms with Crippen LogP contribution in [0.25, 0.3) is 11.0 Å². The molecule has 0 radical (unpaired) electrons. The molecule has 0 atom stereocenters. The molecule has 0 aliphatic heterocycles. The lowest BCUT2D eigenvalue weighted by Crippen LogP contribution is -2.26. The SMILES string of the molecule is COCCN(C)CCn1cnc2c(C(=O)O)cccc21. The highest BCUT2D eigenvalue weighted by Gasteiger charge is 2.12. The molecule has 6 heteroatoms. The molecule has 2 aromatic rings. The standard InChI is InChI=1S/C14H19N3O3/c1-16(8-9-20-2)6-7-17-10-15-13-11(14(18)19)4-3-5-12(13)17/h3-5,10H,6-9H2,1-2H3,(H,18,19). The van der Waals surface area contributed by atoms with E-state index < -0.39 is 5.97 Å². The fourth-order valence-electron chi connectivity index (χ4n) is 2.08. The number of benzene rings is 1. The zero-order valence-electron chi connectivity index (χ0n) is 11.7. The maximum atomic E-state index is 11.1. The number of carbonyl (C=O) groups is 1. The predicted molar refractivity (Wildman–Crippen MR) is 76.1 cm³/mol. The van der Waals surface area contributed by atoms with Crippen molar-refractivity contribution in [3.8, 4) is 0 Å². The topological polar surface area (TPSA) is 67.6 Å². The monoisotopic (exact) mass is 277 g/mol. The van der Waals surface area contributed by atoms with Crippen LogP contribution >= 0.6 is 0 Å². The maximum Gasteiger partial charge on any atom is 0.337 e. The summed E-state index contributed by atoms with van der Waals surface area (Å²) < 4.78 is 7.01. The summed E-state index contributed by atoms with van der Waals surface area (Å²) in [6.07, 6.45) is 1.70. The number of methoxy groups -OCH3 is 1. The normalized spacial score (nSPS) is 11.3. The minimum absolute atomic E-state index is 0.244. The van der Waals surface area contributed by atoms with Crippen molar-refractivity contribution >= 4 is 17.0 Å². The third-order valence-electron chi connectivity index (χ3n) is 3.28. The van der Waals surface area contributed by atoms with Gasteiger partial charge in [0.2, 0.25) is 0 Å². The van der Waals surface area contributed by atoms with Gasteiger partial charge in [-0.2, -0.15) is 0 Å². The van der Waals surface area contributed by atoms with Crippen LogP contribution in [0.15, 0.2) is 24.5 Å². The van der Waals surface area contributed by atoms with Gasteiger partial charge >= 0.3 is 5.97 Å². The van der Waals surface area contributed by atoms with Crippen molar-refractivity contribution in [2.75, 3.05) is 33.9 Å². The molecule has 0 fully saturated rings. The molecule has 0 unspecified atom stereocenters. The average Bonchev–Trinajstić information content (AvgIpc) is 2.85. The molecule has 108 valence electrons. The van der Waals surface area contributed by atoms with Crippen molar-refractivity contribution in [2.24, 2.45) is 0 Å². The van der Waals surface area contributed by atoms with Crippen LogP contribution in [-0.2, 0) is 11.3 Å². The Hall–Kier alpha value is -1.92. The fraction of sp³-hybridized carbons (Fsp3) is 0.429. The Morgan fingerprint density at radius 1 is 1.45 bits per heavy atom. The molecule has 2 rings (SSSR count). The lowest BCUT2D eigenvalue weighted by atomic mass is 10.2. The first kappa shape index (κ1) is 14.5. The largest absolute Gasteiger partial charge is 0.478 e. The number of imidazole rings is 1. The van der Waals surface area contributed by atoms with Crippen molar-refractivity contribution < 1.29 is 14.6 Å². The minimum Gasteiger partial charge on any atom is -0.478 e. The van der Waals surface area contributed by atoms with Crippen LogP contribution in [0.5, 0.6) is 0 Å². The summed E-state index contributed by atoms with van der Waals surface area (Å²) in [7, 11) is 3.71. The summed E-state index contributed by atoms with van der Waals surface area (Å²) in [6, 6.07) is 5.22. The van der Waals surface area contributed by atoms with Crippen LogP contribution in [-0.4, -0.2) is 59.4 Å². The summed E-state index contributed by atoms with van der Waals surface area (Å²) in [5.41, 5.74) is 1.64. The Balaban J connectivity index is 2.12. The highest BCUT2D eigenvalue weighted by atomic mass is 16.5.